The predicted molar refractivity (Wildman–Crippen MR) is 168 cm³/mol. The van der Waals surface area contributed by atoms with Gasteiger partial charge in [-0.05, 0) is 73.9 Å². The van der Waals surface area contributed by atoms with Crippen molar-refractivity contribution in [2.24, 2.45) is 0 Å². The van der Waals surface area contributed by atoms with Crippen LogP contribution < -0.4 is 10.6 Å². The number of amides is 4. The van der Waals surface area contributed by atoms with Crippen molar-refractivity contribution in [2.75, 3.05) is 13.1 Å². The molecule has 10 nitrogen and oxygen atoms in total. The van der Waals surface area contributed by atoms with Crippen molar-refractivity contribution in [1.82, 2.24) is 20.4 Å². The van der Waals surface area contributed by atoms with Crippen LogP contribution in [0.4, 0.5) is 0 Å². The summed E-state index contributed by atoms with van der Waals surface area (Å²) in [5, 5.41) is 23.8. The monoisotopic (exact) mass is 610 g/mol. The minimum absolute atomic E-state index is 0.0637. The fourth-order valence-electron chi connectivity index (χ4n) is 5.91. The predicted octanol–water partition coefficient (Wildman–Crippen LogP) is 4.08. The van der Waals surface area contributed by atoms with E-state index in [0.29, 0.717) is 63.0 Å². The van der Waals surface area contributed by atoms with E-state index >= 15 is 0 Å². The normalized spacial score (nSPS) is 18.2. The van der Waals surface area contributed by atoms with E-state index in [1.54, 1.807) is 34.1 Å². The molecule has 2 fully saturated rings. The summed E-state index contributed by atoms with van der Waals surface area (Å²) in [6, 6.07) is 17.6. The molecule has 0 saturated carbocycles. The first kappa shape index (κ1) is 33.2. The van der Waals surface area contributed by atoms with E-state index in [9.17, 15) is 19.2 Å². The smallest absolute Gasteiger partial charge is 0.245 e. The molecule has 2 unspecified atom stereocenters. The summed E-state index contributed by atoms with van der Waals surface area (Å²) in [4.78, 5) is 54.5. The minimum Gasteiger partial charge on any atom is -0.344 e. The van der Waals surface area contributed by atoms with E-state index in [4.69, 9.17) is 10.5 Å². The van der Waals surface area contributed by atoms with Crippen molar-refractivity contribution in [3.05, 3.63) is 70.8 Å². The van der Waals surface area contributed by atoms with Crippen LogP contribution in [0.5, 0.6) is 0 Å². The number of carbonyl (C=O) groups is 4. The molecule has 2 heterocycles. The third-order valence-electron chi connectivity index (χ3n) is 8.45. The molecular formula is C35H42N6O4. The lowest BCUT2D eigenvalue weighted by Crippen LogP contribution is -2.51. The number of nitriles is 2. The van der Waals surface area contributed by atoms with Crippen molar-refractivity contribution < 1.29 is 19.2 Å². The summed E-state index contributed by atoms with van der Waals surface area (Å²) in [5.74, 6) is -0.353. The van der Waals surface area contributed by atoms with Crippen LogP contribution in [0.25, 0.3) is 0 Å². The Hall–Kier alpha value is -4.70. The summed E-state index contributed by atoms with van der Waals surface area (Å²) in [6.07, 6.45) is 7.73. The van der Waals surface area contributed by atoms with E-state index in [1.165, 1.54) is 0 Å². The zero-order valence-electron chi connectivity index (χ0n) is 25.8. The number of nitrogens with one attached hydrogen (secondary N) is 2. The molecule has 10 heteroatoms. The quantitative estimate of drug-likeness (QED) is 0.308. The molecular weight excluding hydrogens is 568 g/mol. The number of hydrogen-bond acceptors (Lipinski definition) is 6. The van der Waals surface area contributed by atoms with Crippen molar-refractivity contribution in [3.63, 3.8) is 0 Å². The van der Waals surface area contributed by atoms with Gasteiger partial charge in [-0.15, -0.1) is 0 Å². The number of benzene rings is 2. The Kier molecular flexibility index (Phi) is 12.5. The van der Waals surface area contributed by atoms with Gasteiger partial charge in [0.25, 0.3) is 0 Å². The number of likely N-dealkylation sites (tertiary alicyclic amines) is 2. The molecule has 0 aliphatic carbocycles. The third kappa shape index (κ3) is 10.2. The van der Waals surface area contributed by atoms with Crippen LogP contribution in [0, 0.1) is 22.7 Å². The molecule has 2 saturated heterocycles. The van der Waals surface area contributed by atoms with Gasteiger partial charge in [0.05, 0.1) is 23.3 Å². The van der Waals surface area contributed by atoms with Gasteiger partial charge in [0.15, 0.2) is 0 Å². The summed E-state index contributed by atoms with van der Waals surface area (Å²) in [6.45, 7) is 2.23. The summed E-state index contributed by atoms with van der Waals surface area (Å²) >= 11 is 0. The number of rotatable bonds is 14. The molecule has 45 heavy (non-hydrogen) atoms. The minimum atomic E-state index is -0.498. The molecule has 2 aliphatic rings. The van der Waals surface area contributed by atoms with Crippen LogP contribution in [-0.4, -0.2) is 58.6 Å². The van der Waals surface area contributed by atoms with Gasteiger partial charge in [-0.2, -0.15) is 10.5 Å². The van der Waals surface area contributed by atoms with E-state index < -0.39 is 12.1 Å². The number of nitrogens with zero attached hydrogens (tertiary/aromatic N) is 4. The van der Waals surface area contributed by atoms with Gasteiger partial charge in [0.1, 0.15) is 12.1 Å². The fourth-order valence-corrected chi connectivity index (χ4v) is 5.91. The molecule has 0 radical (unpaired) electrons. The Morgan fingerprint density at radius 2 is 1.02 bits per heavy atom. The third-order valence-corrected chi connectivity index (χ3v) is 8.45. The van der Waals surface area contributed by atoms with E-state index in [-0.39, 0.29) is 23.6 Å². The Morgan fingerprint density at radius 1 is 0.644 bits per heavy atom. The van der Waals surface area contributed by atoms with Crippen molar-refractivity contribution in [3.8, 4) is 12.1 Å². The van der Waals surface area contributed by atoms with Crippen LogP contribution in [0.2, 0.25) is 0 Å². The second-order valence-corrected chi connectivity index (χ2v) is 11.9. The van der Waals surface area contributed by atoms with Gasteiger partial charge < -0.3 is 20.4 Å². The molecule has 236 valence electrons. The first-order chi connectivity index (χ1) is 21.9. The molecule has 2 aliphatic heterocycles. The van der Waals surface area contributed by atoms with Gasteiger partial charge in [-0.1, -0.05) is 43.5 Å². The van der Waals surface area contributed by atoms with Crippen molar-refractivity contribution in [2.45, 2.75) is 95.8 Å². The number of hydrogen-bond donors (Lipinski definition) is 2. The Bertz CT molecular complexity index is 1300. The van der Waals surface area contributed by atoms with Gasteiger partial charge in [-0.3, -0.25) is 19.2 Å². The maximum Gasteiger partial charge on any atom is 0.245 e. The van der Waals surface area contributed by atoms with Crippen LogP contribution in [0.15, 0.2) is 48.5 Å². The molecule has 0 aromatic heterocycles. The lowest BCUT2D eigenvalue weighted by Gasteiger charge is -2.32. The molecule has 2 atom stereocenters. The van der Waals surface area contributed by atoms with Gasteiger partial charge >= 0.3 is 0 Å². The molecule has 4 rings (SSSR count). The highest BCUT2D eigenvalue weighted by Gasteiger charge is 2.31. The van der Waals surface area contributed by atoms with Crippen LogP contribution in [0.3, 0.4) is 0 Å². The Morgan fingerprint density at radius 3 is 1.40 bits per heavy atom. The topological polar surface area (TPSA) is 146 Å². The zero-order valence-corrected chi connectivity index (χ0v) is 25.8. The largest absolute Gasteiger partial charge is 0.344 e. The first-order valence-electron chi connectivity index (χ1n) is 16.0. The fraction of sp³-hybridized carbons (Fsp3) is 0.486. The van der Waals surface area contributed by atoms with Gasteiger partial charge in [0.2, 0.25) is 23.6 Å². The van der Waals surface area contributed by atoms with Crippen LogP contribution in [-0.2, 0) is 32.3 Å². The number of unbranched alkanes of at least 4 members (excludes halogenated alkanes) is 4. The molecule has 2 aromatic carbocycles. The second kappa shape index (κ2) is 17.0. The van der Waals surface area contributed by atoms with Crippen molar-refractivity contribution >= 4 is 23.6 Å². The molecule has 2 aromatic rings. The Labute approximate surface area is 265 Å². The zero-order chi connectivity index (χ0) is 32.0. The van der Waals surface area contributed by atoms with Gasteiger partial charge in [-0.25, -0.2) is 0 Å². The van der Waals surface area contributed by atoms with Crippen LogP contribution >= 0.6 is 0 Å². The van der Waals surface area contributed by atoms with Crippen molar-refractivity contribution in [1.29, 1.82) is 10.5 Å². The highest BCUT2D eigenvalue weighted by Crippen LogP contribution is 2.18. The van der Waals surface area contributed by atoms with Gasteiger partial charge in [0, 0.05) is 39.0 Å². The summed E-state index contributed by atoms with van der Waals surface area (Å²) in [5.41, 5.74) is 3.07. The van der Waals surface area contributed by atoms with E-state index in [2.05, 4.69) is 22.8 Å². The first-order valence-corrected chi connectivity index (χ1v) is 16.0. The van der Waals surface area contributed by atoms with E-state index in [0.717, 1.165) is 56.1 Å². The highest BCUT2D eigenvalue weighted by atomic mass is 16.2. The summed E-state index contributed by atoms with van der Waals surface area (Å²) in [7, 11) is 0. The lowest BCUT2D eigenvalue weighted by molar-refractivity contribution is -0.139. The second-order valence-electron chi connectivity index (χ2n) is 11.9. The molecule has 0 bridgehead atoms. The number of carbonyl (C=O) groups excluding carboxylic acids is 4. The Balaban J connectivity index is 1.06. The SMILES string of the molecule is N#Cc1ccc(CN2CCCC(NC(=O)CCCCCCCC(=O)NC3CCCN(Cc4ccc(C#N)cc4)C3=O)C2=O)cc1. The maximum absolute atomic E-state index is 12.9. The molecule has 4 amide bonds. The lowest BCUT2D eigenvalue weighted by atomic mass is 10.0. The van der Waals surface area contributed by atoms with Crippen LogP contribution in [0.1, 0.15) is 92.9 Å². The summed E-state index contributed by atoms with van der Waals surface area (Å²) < 4.78 is 0. The number of piperidine rings is 2. The maximum atomic E-state index is 12.9. The average molecular weight is 611 g/mol. The standard InChI is InChI=1S/C35H42N6O4/c36-22-26-12-16-28(17-13-26)24-40-20-6-8-30(34(40)44)38-32(42)10-4-2-1-3-5-11-33(43)39-31-9-7-21-41(35(31)45)25-29-18-14-27(23-37)15-19-29/h12-19,30-31H,1-11,20-21,24-25H2,(H,38,42)(H,39,43). The molecule has 0 spiro atoms. The van der Waals surface area contributed by atoms with E-state index in [1.807, 2.05) is 24.3 Å². The molecule has 2 N–H and O–H groups in total. The highest BCUT2D eigenvalue weighted by molar-refractivity contribution is 5.88. The average Bonchev–Trinajstić information content (AvgIpc) is 3.05.